The molecule has 1 fully saturated rings. The van der Waals surface area contributed by atoms with Gasteiger partial charge in [0, 0.05) is 6.54 Å². The average molecular weight is 986 g/mol. The largest absolute Gasteiger partial charge is 0.441 e. The Labute approximate surface area is 246 Å². The number of hydrogen-bond acceptors (Lipinski definition) is 5. The molecule has 174 valence electrons. The Morgan fingerprint density at radius 2 is 1.67 bits per heavy atom. The molecule has 3 N–H and O–H groups in total. The van der Waals surface area contributed by atoms with Crippen LogP contribution in [-0.4, -0.2) is 55.2 Å². The number of halogens is 5. The number of ether oxygens (including phenoxy) is 2. The van der Waals surface area contributed by atoms with Gasteiger partial charge in [-0.1, -0.05) is 113 Å². The third kappa shape index (κ3) is 9.59. The predicted molar refractivity (Wildman–Crippen MR) is 162 cm³/mol. The van der Waals surface area contributed by atoms with Crippen molar-refractivity contribution in [1.82, 2.24) is 10.2 Å². The van der Waals surface area contributed by atoms with E-state index >= 15 is 0 Å². The Morgan fingerprint density at radius 3 is 2.13 bits per heavy atom. The fourth-order valence-electron chi connectivity index (χ4n) is 2.38. The minimum atomic E-state index is -0.752. The number of likely N-dealkylation sites (tertiary alicyclic amines) is 1. The van der Waals surface area contributed by atoms with Crippen LogP contribution in [0.25, 0.3) is 0 Å². The molecule has 8 nitrogen and oxygen atoms in total. The number of rotatable bonds is 5. The molecule has 0 aliphatic carbocycles. The van der Waals surface area contributed by atoms with Gasteiger partial charge in [0.25, 0.3) is 0 Å². The molecule has 2 amide bonds. The summed E-state index contributed by atoms with van der Waals surface area (Å²) in [6.45, 7) is 8.54. The summed E-state index contributed by atoms with van der Waals surface area (Å²) in [5.41, 5.74) is 4.43. The first kappa shape index (κ1) is 29.9. The highest BCUT2D eigenvalue weighted by molar-refractivity contribution is 14.2. The maximum absolute atomic E-state index is 12.6. The summed E-state index contributed by atoms with van der Waals surface area (Å²) in [7, 11) is 0. The number of amides is 2. The van der Waals surface area contributed by atoms with E-state index in [1.54, 1.807) is 0 Å². The number of alkyl carbamates (subject to hydrolysis) is 1. The molecule has 2 unspecified atom stereocenters. The second-order valence-corrected chi connectivity index (χ2v) is 19.1. The third-order valence-electron chi connectivity index (χ3n) is 4.42. The van der Waals surface area contributed by atoms with Crippen molar-refractivity contribution in [2.45, 2.75) is 59.7 Å². The number of carbonyl (C=O) groups excluding carboxylic acids is 2. The highest BCUT2D eigenvalue weighted by Crippen LogP contribution is 2.30. The van der Waals surface area contributed by atoms with Gasteiger partial charge in [0.15, 0.2) is 0 Å². The van der Waals surface area contributed by atoms with Crippen molar-refractivity contribution in [3.63, 3.8) is 0 Å². The lowest BCUT2D eigenvalue weighted by molar-refractivity contribution is 0.0578. The molecular formula is C17H27I5N4O4. The molecule has 13 heteroatoms. The van der Waals surface area contributed by atoms with E-state index in [1.165, 1.54) is 0 Å². The molecule has 0 saturated carbocycles. The number of piperidine rings is 1. The van der Waals surface area contributed by atoms with E-state index in [-0.39, 0.29) is 13.9 Å². The number of nitrogens with two attached hydrogens (primary N) is 1. The molecule has 1 heterocycles. The van der Waals surface area contributed by atoms with E-state index in [9.17, 15) is 9.59 Å². The van der Waals surface area contributed by atoms with Gasteiger partial charge in [-0.15, -0.1) is 4.99 Å². The molecule has 30 heavy (non-hydrogen) atoms. The summed E-state index contributed by atoms with van der Waals surface area (Å²) in [5, 5.41) is 2.67. The lowest BCUT2D eigenvalue weighted by Gasteiger charge is -2.38. The fraction of sp³-hybridized carbons (Fsp3) is 0.824. The molecule has 2 atom stereocenters. The van der Waals surface area contributed by atoms with Gasteiger partial charge in [-0.25, -0.2) is 9.59 Å². The smallest absolute Gasteiger partial charge is 0.437 e. The van der Waals surface area contributed by atoms with Gasteiger partial charge in [0.2, 0.25) is 5.96 Å². The number of nitrogens with one attached hydrogen (secondary N) is 1. The molecule has 0 radical (unpaired) electrons. The number of hydrogen-bond donors (Lipinski definition) is 2. The van der Waals surface area contributed by atoms with Crippen molar-refractivity contribution in [2.24, 2.45) is 16.6 Å². The van der Waals surface area contributed by atoms with Crippen LogP contribution in [0.5, 0.6) is 0 Å². The number of nitrogens with zero attached hydrogens (tertiary/aromatic N) is 2. The van der Waals surface area contributed by atoms with Crippen LogP contribution < -0.4 is 11.1 Å². The van der Waals surface area contributed by atoms with Crippen molar-refractivity contribution in [2.75, 3.05) is 13.1 Å². The maximum atomic E-state index is 12.6. The molecule has 0 aromatic carbocycles. The van der Waals surface area contributed by atoms with Gasteiger partial charge in [0.1, 0.15) is 15.1 Å². The molecule has 0 spiro atoms. The van der Waals surface area contributed by atoms with Gasteiger partial charge in [-0.3, -0.25) is 5.32 Å². The first-order valence-corrected chi connectivity index (χ1v) is 15.4. The summed E-state index contributed by atoms with van der Waals surface area (Å²) in [6, 6.07) is 0. The summed E-state index contributed by atoms with van der Waals surface area (Å²) in [6.07, 6.45) is 0.282. The van der Waals surface area contributed by atoms with Crippen molar-refractivity contribution in [3.05, 3.63) is 0 Å². The summed E-state index contributed by atoms with van der Waals surface area (Å²) in [4.78, 5) is 31.2. The van der Waals surface area contributed by atoms with Crippen LogP contribution in [0.1, 0.15) is 40.5 Å². The molecule has 0 bridgehead atoms. The molecule has 0 aromatic rings. The lowest BCUT2D eigenvalue weighted by Crippen LogP contribution is -2.53. The Bertz CT molecular complexity index is 646. The van der Waals surface area contributed by atoms with E-state index in [4.69, 9.17) is 15.2 Å². The number of carbonyl (C=O) groups is 2. The zero-order valence-electron chi connectivity index (χ0n) is 17.1. The van der Waals surface area contributed by atoms with Gasteiger partial charge in [-0.2, -0.15) is 0 Å². The highest BCUT2D eigenvalue weighted by atomic mass is 127. The topological polar surface area (TPSA) is 106 Å². The van der Waals surface area contributed by atoms with E-state index in [1.807, 2.05) is 32.6 Å². The van der Waals surface area contributed by atoms with Gasteiger partial charge in [-0.05, 0) is 53.0 Å². The van der Waals surface area contributed by atoms with E-state index in [0.717, 1.165) is 12.8 Å². The second kappa shape index (κ2) is 13.1. The van der Waals surface area contributed by atoms with Gasteiger partial charge < -0.3 is 20.1 Å². The second-order valence-electron chi connectivity index (χ2n) is 7.88. The van der Waals surface area contributed by atoms with Crippen LogP contribution in [0.3, 0.4) is 0 Å². The van der Waals surface area contributed by atoms with Crippen molar-refractivity contribution >= 4 is 131 Å². The molecule has 0 aromatic heterocycles. The zero-order valence-corrected chi connectivity index (χ0v) is 27.9. The van der Waals surface area contributed by atoms with E-state index in [0.29, 0.717) is 19.0 Å². The highest BCUT2D eigenvalue weighted by Gasteiger charge is 2.34. The summed E-state index contributed by atoms with van der Waals surface area (Å²) >= 11 is 11.1. The third-order valence-corrected chi connectivity index (χ3v) is 11.6. The van der Waals surface area contributed by atoms with E-state index < -0.39 is 23.4 Å². The van der Waals surface area contributed by atoms with E-state index in [2.05, 4.69) is 123 Å². The number of aliphatic imine (C=N–C) groups is 1. The molecular weight excluding hydrogens is 959 g/mol. The Morgan fingerprint density at radius 1 is 1.13 bits per heavy atom. The minimum absolute atomic E-state index is 0.0292. The lowest BCUT2D eigenvalue weighted by atomic mass is 9.97. The SMILES string of the molecule is CC(C)(OC(=O)N=C(NC(=O)OC(C)(C)C(I)I)N1CCC(CN)CC1I)C(I)I. The number of alkyl halides is 5. The van der Waals surface area contributed by atoms with Crippen LogP contribution in [0, 0.1) is 5.92 Å². The van der Waals surface area contributed by atoms with Crippen LogP contribution in [0.15, 0.2) is 4.99 Å². The average Bonchev–Trinajstić information content (AvgIpc) is 2.59. The number of guanidine groups is 1. The normalized spacial score (nSPS) is 21.1. The quantitative estimate of drug-likeness (QED) is 0.123. The van der Waals surface area contributed by atoms with Crippen LogP contribution in [0.4, 0.5) is 9.59 Å². The van der Waals surface area contributed by atoms with Gasteiger partial charge >= 0.3 is 12.2 Å². The molecule has 1 aliphatic rings. The predicted octanol–water partition coefficient (Wildman–Crippen LogP) is 5.59. The monoisotopic (exact) mass is 986 g/mol. The Balaban J connectivity index is 3.07. The molecule has 1 saturated heterocycles. The Hall–Kier alpha value is 1.82. The van der Waals surface area contributed by atoms with Crippen LogP contribution in [-0.2, 0) is 9.47 Å². The van der Waals surface area contributed by atoms with Crippen molar-refractivity contribution in [3.8, 4) is 0 Å². The summed E-state index contributed by atoms with van der Waals surface area (Å²) in [5.74, 6) is 0.544. The first-order valence-electron chi connectivity index (χ1n) is 9.18. The van der Waals surface area contributed by atoms with Crippen LogP contribution >= 0.6 is 113 Å². The van der Waals surface area contributed by atoms with Crippen LogP contribution in [0.2, 0.25) is 0 Å². The van der Waals surface area contributed by atoms with Gasteiger partial charge in [0.05, 0.1) is 4.05 Å². The summed E-state index contributed by atoms with van der Waals surface area (Å²) < 4.78 is 11.2. The maximum Gasteiger partial charge on any atom is 0.437 e. The molecule has 1 aliphatic heterocycles. The zero-order chi connectivity index (χ0) is 23.3. The molecule has 1 rings (SSSR count). The Kier molecular flexibility index (Phi) is 13.0. The first-order chi connectivity index (χ1) is 13.7. The van der Waals surface area contributed by atoms with Crippen molar-refractivity contribution in [1.29, 1.82) is 0 Å². The minimum Gasteiger partial charge on any atom is -0.441 e. The standard InChI is InChI=1S/C17H27I5N4O4/c1-16(2,11(19)20)29-14(27)24-13(25-15(28)30-17(3,4)12(21)22)26-6-5-9(8-23)7-10(26)18/h9-12H,5-8,23H2,1-4H3,(H,24,25,27,28). The fourth-order valence-corrected chi connectivity index (χ4v) is 4.15. The van der Waals surface area contributed by atoms with Crippen molar-refractivity contribution < 1.29 is 19.1 Å².